The maximum Gasteiger partial charge on any atom is 0.166 e. The van der Waals surface area contributed by atoms with Gasteiger partial charge in [0.2, 0.25) is 0 Å². The van der Waals surface area contributed by atoms with Crippen LogP contribution in [0.3, 0.4) is 0 Å². The monoisotopic (exact) mass is 645 g/mol. The molecule has 0 amide bonds. The van der Waals surface area contributed by atoms with Gasteiger partial charge in [0.15, 0.2) is 29.1 Å². The van der Waals surface area contributed by atoms with E-state index in [1.54, 1.807) is 6.07 Å². The molecule has 0 radical (unpaired) electrons. The third-order valence-corrected chi connectivity index (χ3v) is 15.6. The van der Waals surface area contributed by atoms with Crippen LogP contribution in [0.4, 0.5) is 0 Å². The highest BCUT2D eigenvalue weighted by Crippen LogP contribution is 2.72. The fourth-order valence-corrected chi connectivity index (χ4v) is 13.3. The van der Waals surface area contributed by atoms with Gasteiger partial charge in [0.1, 0.15) is 6.10 Å². The zero-order valence-corrected chi connectivity index (χ0v) is 27.3. The van der Waals surface area contributed by atoms with E-state index in [0.717, 1.165) is 80.5 Å². The van der Waals surface area contributed by atoms with Crippen molar-refractivity contribution in [2.45, 2.75) is 105 Å². The quantitative estimate of drug-likeness (QED) is 0.326. The average Bonchev–Trinajstić information content (AvgIpc) is 3.97. The van der Waals surface area contributed by atoms with Gasteiger partial charge in [0, 0.05) is 48.1 Å². The minimum Gasteiger partial charge on any atom is -0.504 e. The van der Waals surface area contributed by atoms with Gasteiger partial charge in [-0.25, -0.2) is 0 Å². The highest BCUT2D eigenvalue weighted by Gasteiger charge is 2.74. The largest absolute Gasteiger partial charge is 0.504 e. The lowest BCUT2D eigenvalue weighted by atomic mass is 9.48. The van der Waals surface area contributed by atoms with Crippen LogP contribution in [-0.2, 0) is 36.5 Å². The molecule has 3 aromatic rings. The van der Waals surface area contributed by atoms with Crippen LogP contribution in [0.15, 0.2) is 24.3 Å². The van der Waals surface area contributed by atoms with E-state index in [1.165, 1.54) is 60.0 Å². The summed E-state index contributed by atoms with van der Waals surface area (Å²) in [6, 6.07) is 8.38. The Balaban J connectivity index is 1.02. The van der Waals surface area contributed by atoms with Crippen molar-refractivity contribution in [3.8, 4) is 23.0 Å². The standard InChI is InChI=1S/C40H43N3O5/c44-27-7-5-21-13-26-25-15-23-24-16-40(46)29-14-22-6-8-28(45)35-31(22)39(40,10-12-43(29)18-20-3-4-20)37(48-35)33(24)41-32(23)36-38(25,30(21)34(27)47-36)9-11-42(26)17-19-1-2-19/h5-8,19-20,25-26,29,36-37,41,44-46H,1-4,9-18H2/t25?,26-,29-,36+,37+,38+,39+,40-/m0/s1. The van der Waals surface area contributed by atoms with Crippen LogP contribution in [0.1, 0.15) is 95.5 Å². The zero-order chi connectivity index (χ0) is 31.5. The number of hydrogen-bond acceptors (Lipinski definition) is 7. The summed E-state index contributed by atoms with van der Waals surface area (Å²) in [5.41, 5.74) is 7.94. The summed E-state index contributed by atoms with van der Waals surface area (Å²) in [5.74, 6) is 3.70. The molecule has 2 saturated carbocycles. The lowest BCUT2D eigenvalue weighted by molar-refractivity contribution is -0.173. The van der Waals surface area contributed by atoms with E-state index in [9.17, 15) is 15.3 Å². The van der Waals surface area contributed by atoms with Crippen LogP contribution >= 0.6 is 0 Å². The van der Waals surface area contributed by atoms with E-state index in [-0.39, 0.29) is 35.2 Å². The molecule has 4 fully saturated rings. The van der Waals surface area contributed by atoms with Crippen LogP contribution in [0.5, 0.6) is 23.0 Å². The molecule has 48 heavy (non-hydrogen) atoms. The Labute approximate surface area is 280 Å². The van der Waals surface area contributed by atoms with Gasteiger partial charge in [0.05, 0.1) is 22.4 Å². The SMILES string of the molecule is Oc1ccc2c3c1O[C@@H]1c4[nH]c5c(c4CC4[C@H](C2)N(CC2CC2)CC[C@]341)C[C@]1(O)[C@@H]2Cc3ccc(O)c4c3[C@]1(CCN2CC1CC1)[C@@H]5O4. The summed E-state index contributed by atoms with van der Waals surface area (Å²) in [5, 5.41) is 35.9. The normalized spacial score (nSPS) is 40.4. The number of aromatic amines is 1. The van der Waals surface area contributed by atoms with Gasteiger partial charge in [-0.15, -0.1) is 0 Å². The van der Waals surface area contributed by atoms with Gasteiger partial charge < -0.3 is 29.8 Å². The lowest BCUT2D eigenvalue weighted by Crippen LogP contribution is -2.74. The number of hydrogen-bond donors (Lipinski definition) is 4. The van der Waals surface area contributed by atoms with Crippen molar-refractivity contribution < 1.29 is 24.8 Å². The number of likely N-dealkylation sites (tertiary alicyclic amines) is 2. The number of fused-ring (bicyclic) bond motifs is 5. The Morgan fingerprint density at radius 2 is 1.42 bits per heavy atom. The first-order chi connectivity index (χ1) is 23.4. The molecule has 8 atom stereocenters. The number of phenols is 2. The first-order valence-corrected chi connectivity index (χ1v) is 18.9. The summed E-state index contributed by atoms with van der Waals surface area (Å²) in [6.45, 7) is 4.28. The predicted molar refractivity (Wildman–Crippen MR) is 176 cm³/mol. The van der Waals surface area contributed by atoms with Crippen LogP contribution in [-0.4, -0.2) is 74.0 Å². The molecule has 1 unspecified atom stereocenters. The molecule has 2 saturated heterocycles. The second-order valence-corrected chi connectivity index (χ2v) is 17.6. The number of aliphatic hydroxyl groups is 1. The summed E-state index contributed by atoms with van der Waals surface area (Å²) in [6.07, 6.45) is 9.93. The van der Waals surface area contributed by atoms with Crippen LogP contribution in [0, 0.1) is 17.8 Å². The molecule has 8 heteroatoms. The molecule has 4 aliphatic heterocycles. The predicted octanol–water partition coefficient (Wildman–Crippen LogP) is 4.71. The fourth-order valence-electron chi connectivity index (χ4n) is 13.3. The molecule has 8 nitrogen and oxygen atoms in total. The fraction of sp³-hybridized carbons (Fsp3) is 0.600. The summed E-state index contributed by atoms with van der Waals surface area (Å²) >= 11 is 0. The Morgan fingerprint density at radius 3 is 2.19 bits per heavy atom. The Morgan fingerprint density at radius 1 is 0.750 bits per heavy atom. The average molecular weight is 646 g/mol. The number of aromatic nitrogens is 1. The first kappa shape index (κ1) is 26.6. The van der Waals surface area contributed by atoms with Crippen molar-refractivity contribution in [3.63, 3.8) is 0 Å². The highest BCUT2D eigenvalue weighted by molar-refractivity contribution is 5.67. The minimum atomic E-state index is -1.000. The topological polar surface area (TPSA) is 101 Å². The minimum absolute atomic E-state index is 0.0177. The molecule has 2 spiro atoms. The van der Waals surface area contributed by atoms with Crippen molar-refractivity contribution in [1.82, 2.24) is 14.8 Å². The molecular weight excluding hydrogens is 602 g/mol. The molecule has 2 aromatic carbocycles. The number of rotatable bonds is 4. The van der Waals surface area contributed by atoms with E-state index in [2.05, 4.69) is 26.9 Å². The molecule has 4 bridgehead atoms. The summed E-state index contributed by atoms with van der Waals surface area (Å²) < 4.78 is 14.0. The van der Waals surface area contributed by atoms with Crippen molar-refractivity contribution in [1.29, 1.82) is 0 Å². The molecule has 5 heterocycles. The van der Waals surface area contributed by atoms with E-state index in [1.807, 2.05) is 6.07 Å². The van der Waals surface area contributed by atoms with Gasteiger partial charge >= 0.3 is 0 Å². The van der Waals surface area contributed by atoms with E-state index < -0.39 is 11.0 Å². The third kappa shape index (κ3) is 2.82. The number of nitrogens with one attached hydrogen (secondary N) is 1. The molecule has 10 aliphatic rings. The van der Waals surface area contributed by atoms with Crippen molar-refractivity contribution >= 4 is 0 Å². The Bertz CT molecular complexity index is 2000. The number of ether oxygens (including phenoxy) is 2. The molecule has 1 aromatic heterocycles. The maximum absolute atomic E-state index is 13.5. The van der Waals surface area contributed by atoms with Crippen molar-refractivity contribution in [2.75, 3.05) is 26.2 Å². The lowest BCUT2D eigenvalue weighted by Gasteiger charge is -2.63. The van der Waals surface area contributed by atoms with Gasteiger partial charge in [0.25, 0.3) is 0 Å². The molecule has 13 rings (SSSR count). The van der Waals surface area contributed by atoms with E-state index in [0.29, 0.717) is 29.9 Å². The number of nitrogens with zero attached hydrogens (tertiary/aromatic N) is 2. The maximum atomic E-state index is 13.5. The second kappa shape index (κ2) is 8.22. The number of aromatic hydroxyl groups is 2. The van der Waals surface area contributed by atoms with Gasteiger partial charge in [-0.2, -0.15) is 0 Å². The molecule has 6 aliphatic carbocycles. The number of H-pyrrole nitrogens is 1. The number of phenolic OH excluding ortho intramolecular Hbond substituents is 2. The van der Waals surface area contributed by atoms with Crippen molar-refractivity contribution in [3.05, 3.63) is 69.0 Å². The Kier molecular flexibility index (Phi) is 4.56. The van der Waals surface area contributed by atoms with Crippen LogP contribution in [0.2, 0.25) is 0 Å². The smallest absolute Gasteiger partial charge is 0.166 e. The third-order valence-electron chi connectivity index (χ3n) is 15.6. The number of benzene rings is 2. The van der Waals surface area contributed by atoms with Crippen LogP contribution in [0.25, 0.3) is 0 Å². The Hall–Kier alpha value is -3.20. The van der Waals surface area contributed by atoms with E-state index in [4.69, 9.17) is 9.47 Å². The van der Waals surface area contributed by atoms with Gasteiger partial charge in [-0.05, 0) is 123 Å². The van der Waals surface area contributed by atoms with E-state index >= 15 is 0 Å². The summed E-state index contributed by atoms with van der Waals surface area (Å²) in [4.78, 5) is 9.44. The molecule has 248 valence electrons. The van der Waals surface area contributed by atoms with Crippen LogP contribution < -0.4 is 9.47 Å². The second-order valence-electron chi connectivity index (χ2n) is 17.6. The molecular formula is C40H43N3O5. The van der Waals surface area contributed by atoms with Gasteiger partial charge in [-0.1, -0.05) is 12.1 Å². The molecule has 4 N–H and O–H groups in total. The van der Waals surface area contributed by atoms with Crippen molar-refractivity contribution in [2.24, 2.45) is 17.8 Å². The highest BCUT2D eigenvalue weighted by atomic mass is 16.5. The van der Waals surface area contributed by atoms with Gasteiger partial charge in [-0.3, -0.25) is 9.80 Å². The first-order valence-electron chi connectivity index (χ1n) is 18.9. The summed E-state index contributed by atoms with van der Waals surface area (Å²) in [7, 11) is 0. The zero-order valence-electron chi connectivity index (χ0n) is 27.3. The number of piperidine rings is 2.